The molecule has 1 heterocycles. The Labute approximate surface area is 184 Å². The van der Waals surface area contributed by atoms with E-state index in [1.807, 2.05) is 19.1 Å². The summed E-state index contributed by atoms with van der Waals surface area (Å²) in [4.78, 5) is 14.4. The zero-order valence-corrected chi connectivity index (χ0v) is 19.0. The number of rotatable bonds is 5. The van der Waals surface area contributed by atoms with Gasteiger partial charge in [-0.1, -0.05) is 25.1 Å². The lowest BCUT2D eigenvalue weighted by Gasteiger charge is -2.33. The monoisotopic (exact) mass is 425 g/mol. The number of esters is 1. The Morgan fingerprint density at radius 3 is 2.63 bits per heavy atom. The van der Waals surface area contributed by atoms with Gasteiger partial charge in [0.2, 0.25) is 0 Å². The van der Waals surface area contributed by atoms with Gasteiger partial charge in [-0.05, 0) is 80.2 Å². The van der Waals surface area contributed by atoms with Crippen molar-refractivity contribution in [2.45, 2.75) is 39.7 Å². The third-order valence-corrected chi connectivity index (χ3v) is 5.97. The van der Waals surface area contributed by atoms with Crippen molar-refractivity contribution in [2.24, 2.45) is 5.92 Å². The van der Waals surface area contributed by atoms with Crippen molar-refractivity contribution in [3.63, 3.8) is 0 Å². The van der Waals surface area contributed by atoms with Gasteiger partial charge in [0.25, 0.3) is 0 Å². The quantitative estimate of drug-likeness (QED) is 0.516. The van der Waals surface area contributed by atoms with Crippen molar-refractivity contribution < 1.29 is 9.53 Å². The molecule has 0 bridgehead atoms. The zero-order valence-electron chi connectivity index (χ0n) is 18.2. The third-order valence-electron chi connectivity index (χ3n) is 5.75. The highest BCUT2D eigenvalue weighted by atomic mass is 32.1. The average molecular weight is 426 g/mol. The fourth-order valence-corrected chi connectivity index (χ4v) is 4.22. The minimum absolute atomic E-state index is 0.0587. The Morgan fingerprint density at radius 1 is 1.23 bits per heavy atom. The van der Waals surface area contributed by atoms with E-state index in [1.54, 1.807) is 6.07 Å². The predicted molar refractivity (Wildman–Crippen MR) is 127 cm³/mol. The van der Waals surface area contributed by atoms with Crippen molar-refractivity contribution in [3.8, 4) is 0 Å². The number of hydrogen-bond donors (Lipinski definition) is 2. The van der Waals surface area contributed by atoms with Crippen molar-refractivity contribution in [1.82, 2.24) is 5.32 Å². The highest BCUT2D eigenvalue weighted by Crippen LogP contribution is 2.25. The average Bonchev–Trinajstić information content (AvgIpc) is 2.74. The molecule has 2 aromatic rings. The molecular formula is C24H31N3O2S. The summed E-state index contributed by atoms with van der Waals surface area (Å²) in [6, 6.07) is 14.2. The molecule has 1 aliphatic heterocycles. The van der Waals surface area contributed by atoms with Crippen LogP contribution in [0.25, 0.3) is 0 Å². The third kappa shape index (κ3) is 5.30. The van der Waals surface area contributed by atoms with E-state index in [0.717, 1.165) is 30.3 Å². The summed E-state index contributed by atoms with van der Waals surface area (Å²) in [5.74, 6) is 0.398. The molecule has 2 aromatic carbocycles. The molecule has 1 fully saturated rings. The van der Waals surface area contributed by atoms with Gasteiger partial charge in [0.1, 0.15) is 0 Å². The summed E-state index contributed by atoms with van der Waals surface area (Å²) in [6.45, 7) is 8.55. The molecule has 0 aromatic heterocycles. The summed E-state index contributed by atoms with van der Waals surface area (Å²) in [5, 5.41) is 7.05. The fourth-order valence-electron chi connectivity index (χ4n) is 3.94. The van der Waals surface area contributed by atoms with Crippen molar-refractivity contribution in [3.05, 3.63) is 59.2 Å². The van der Waals surface area contributed by atoms with Crippen LogP contribution in [0.4, 0.5) is 11.4 Å². The van der Waals surface area contributed by atoms with Gasteiger partial charge in [0.05, 0.1) is 18.7 Å². The summed E-state index contributed by atoms with van der Waals surface area (Å²) >= 11 is 5.50. The Morgan fingerprint density at radius 2 is 1.97 bits per heavy atom. The molecule has 5 nitrogen and oxygen atoms in total. The van der Waals surface area contributed by atoms with Crippen LogP contribution in [0.15, 0.2) is 42.5 Å². The Kier molecular flexibility index (Phi) is 7.32. The van der Waals surface area contributed by atoms with Gasteiger partial charge >= 0.3 is 5.97 Å². The van der Waals surface area contributed by atoms with Crippen LogP contribution >= 0.6 is 12.2 Å². The van der Waals surface area contributed by atoms with Crippen LogP contribution in [0.5, 0.6) is 0 Å². The summed E-state index contributed by atoms with van der Waals surface area (Å²) in [7, 11) is 1.38. The van der Waals surface area contributed by atoms with Gasteiger partial charge < -0.3 is 20.3 Å². The number of anilines is 2. The largest absolute Gasteiger partial charge is 0.465 e. The van der Waals surface area contributed by atoms with E-state index < -0.39 is 0 Å². The molecule has 0 saturated carbocycles. The molecule has 0 radical (unpaired) electrons. The minimum atomic E-state index is -0.355. The SMILES string of the molecule is COC(=O)c1cccc(NC(=S)N[C@H](C)c2ccc(N3CCC[C@H](C)C3)cc2)c1C. The second kappa shape index (κ2) is 9.94. The molecule has 6 heteroatoms. The molecule has 2 atom stereocenters. The van der Waals surface area contributed by atoms with E-state index in [0.29, 0.717) is 10.7 Å². The lowest BCUT2D eigenvalue weighted by atomic mass is 9.99. The summed E-state index contributed by atoms with van der Waals surface area (Å²) in [6.07, 6.45) is 2.58. The van der Waals surface area contributed by atoms with Crippen LogP contribution in [0.2, 0.25) is 0 Å². The second-order valence-electron chi connectivity index (χ2n) is 8.07. The molecule has 3 rings (SSSR count). The summed E-state index contributed by atoms with van der Waals surface area (Å²) < 4.78 is 4.84. The standard InChI is InChI=1S/C24H31N3O2S/c1-16-7-6-14-27(15-16)20-12-10-19(11-13-20)18(3)25-24(30)26-22-9-5-8-21(17(22)2)23(28)29-4/h5,8-13,16,18H,6-7,14-15H2,1-4H3,(H2,25,26,30)/t16-,18+/m0/s1. The normalized spacial score (nSPS) is 17.2. The molecule has 1 aliphatic rings. The van der Waals surface area contributed by atoms with Gasteiger partial charge in [-0.3, -0.25) is 0 Å². The van der Waals surface area contributed by atoms with Crippen LogP contribution in [-0.4, -0.2) is 31.3 Å². The number of methoxy groups -OCH3 is 1. The highest BCUT2D eigenvalue weighted by Gasteiger charge is 2.17. The first-order valence-electron chi connectivity index (χ1n) is 10.5. The van der Waals surface area contributed by atoms with E-state index >= 15 is 0 Å². The molecule has 0 spiro atoms. The smallest absolute Gasteiger partial charge is 0.338 e. The number of ether oxygens (including phenoxy) is 1. The molecule has 1 saturated heterocycles. The van der Waals surface area contributed by atoms with E-state index in [2.05, 4.69) is 53.6 Å². The number of thiocarbonyl (C=S) groups is 1. The fraction of sp³-hybridized carbons (Fsp3) is 0.417. The van der Waals surface area contributed by atoms with E-state index in [4.69, 9.17) is 17.0 Å². The lowest BCUT2D eigenvalue weighted by molar-refractivity contribution is 0.0600. The first kappa shape index (κ1) is 22.1. The van der Waals surface area contributed by atoms with E-state index in [1.165, 1.54) is 31.2 Å². The highest BCUT2D eigenvalue weighted by molar-refractivity contribution is 7.80. The Bertz CT molecular complexity index is 898. The number of hydrogen-bond acceptors (Lipinski definition) is 4. The van der Waals surface area contributed by atoms with Crippen molar-refractivity contribution in [2.75, 3.05) is 30.4 Å². The number of nitrogens with one attached hydrogen (secondary N) is 2. The first-order valence-corrected chi connectivity index (χ1v) is 10.9. The number of benzene rings is 2. The molecule has 0 aliphatic carbocycles. The van der Waals surface area contributed by atoms with Crippen LogP contribution < -0.4 is 15.5 Å². The number of piperidine rings is 1. The maximum absolute atomic E-state index is 11.9. The van der Waals surface area contributed by atoms with Gasteiger partial charge in [-0.15, -0.1) is 0 Å². The molecule has 2 N–H and O–H groups in total. The number of nitrogens with zero attached hydrogens (tertiary/aromatic N) is 1. The van der Waals surface area contributed by atoms with Crippen LogP contribution in [0, 0.1) is 12.8 Å². The van der Waals surface area contributed by atoms with Gasteiger partial charge in [0, 0.05) is 24.5 Å². The van der Waals surface area contributed by atoms with Gasteiger partial charge in [-0.2, -0.15) is 0 Å². The maximum atomic E-state index is 11.9. The second-order valence-corrected chi connectivity index (χ2v) is 8.48. The predicted octanol–water partition coefficient (Wildman–Crippen LogP) is 5.07. The first-order chi connectivity index (χ1) is 14.4. The van der Waals surface area contributed by atoms with Crippen LogP contribution in [0.1, 0.15) is 54.2 Å². The van der Waals surface area contributed by atoms with E-state index in [-0.39, 0.29) is 12.0 Å². The zero-order chi connectivity index (χ0) is 21.7. The molecule has 30 heavy (non-hydrogen) atoms. The molecule has 0 amide bonds. The van der Waals surface area contributed by atoms with Crippen molar-refractivity contribution >= 4 is 34.7 Å². The Hall–Kier alpha value is -2.60. The lowest BCUT2D eigenvalue weighted by Crippen LogP contribution is -2.34. The van der Waals surface area contributed by atoms with Crippen LogP contribution in [0.3, 0.4) is 0 Å². The molecule has 0 unspecified atom stereocenters. The van der Waals surface area contributed by atoms with E-state index in [9.17, 15) is 4.79 Å². The van der Waals surface area contributed by atoms with Crippen molar-refractivity contribution in [1.29, 1.82) is 0 Å². The molecular weight excluding hydrogens is 394 g/mol. The topological polar surface area (TPSA) is 53.6 Å². The van der Waals surface area contributed by atoms with Gasteiger partial charge in [-0.25, -0.2) is 4.79 Å². The number of carbonyl (C=O) groups excluding carboxylic acids is 1. The van der Waals surface area contributed by atoms with Crippen LogP contribution in [-0.2, 0) is 4.74 Å². The van der Waals surface area contributed by atoms with Gasteiger partial charge in [0.15, 0.2) is 5.11 Å². The maximum Gasteiger partial charge on any atom is 0.338 e. The Balaban J connectivity index is 1.61. The molecule has 160 valence electrons. The summed E-state index contributed by atoms with van der Waals surface area (Å²) in [5.41, 5.74) is 4.58. The number of carbonyl (C=O) groups is 1. The minimum Gasteiger partial charge on any atom is -0.465 e.